The van der Waals surface area contributed by atoms with Gasteiger partial charge in [0.05, 0.1) is 18.8 Å². The summed E-state index contributed by atoms with van der Waals surface area (Å²) in [4.78, 5) is 0. The zero-order valence-corrected chi connectivity index (χ0v) is 14.6. The van der Waals surface area contributed by atoms with Gasteiger partial charge in [-0.05, 0) is 16.6 Å². The number of fused-ring (bicyclic) bond motifs is 2. The third-order valence-corrected chi connectivity index (χ3v) is 11.1. The fourth-order valence-electron chi connectivity index (χ4n) is 4.13. The van der Waals surface area contributed by atoms with Crippen molar-refractivity contribution in [2.75, 3.05) is 6.61 Å². The highest BCUT2D eigenvalue weighted by atomic mass is 28.4. The third kappa shape index (κ3) is 2.71. The van der Waals surface area contributed by atoms with Gasteiger partial charge >= 0.3 is 0 Å². The van der Waals surface area contributed by atoms with Gasteiger partial charge in [0.15, 0.2) is 6.29 Å². The van der Waals surface area contributed by atoms with E-state index in [4.69, 9.17) is 13.9 Å². The Morgan fingerprint density at radius 1 is 1.05 bits per heavy atom. The summed E-state index contributed by atoms with van der Waals surface area (Å²) in [6, 6.07) is 0. The Morgan fingerprint density at radius 2 is 1.60 bits per heavy atom. The Balaban J connectivity index is 2.22. The fraction of sp³-hybridized carbons (Fsp3) is 1.00. The second kappa shape index (κ2) is 6.05. The van der Waals surface area contributed by atoms with Gasteiger partial charge in [-0.3, -0.25) is 0 Å². The van der Waals surface area contributed by atoms with E-state index < -0.39 is 14.4 Å². The van der Waals surface area contributed by atoms with Gasteiger partial charge in [0.1, 0.15) is 6.10 Å². The Labute approximate surface area is 123 Å². The number of ether oxygens (including phenoxy) is 2. The molecular weight excluding hydrogens is 272 g/mol. The molecule has 0 aromatic heterocycles. The van der Waals surface area contributed by atoms with Gasteiger partial charge in [0.2, 0.25) is 8.32 Å². The maximum atomic E-state index is 10.4. The summed E-state index contributed by atoms with van der Waals surface area (Å²) in [5.41, 5.74) is 1.48. The van der Waals surface area contributed by atoms with Crippen LogP contribution in [0, 0.1) is 0 Å². The van der Waals surface area contributed by atoms with Crippen LogP contribution in [0.2, 0.25) is 16.6 Å². The summed E-state index contributed by atoms with van der Waals surface area (Å²) in [5.74, 6) is 0. The van der Waals surface area contributed by atoms with Gasteiger partial charge in [0.25, 0.3) is 0 Å². The smallest absolute Gasteiger partial charge is 0.201 e. The Bertz CT molecular complexity index is 310. The first kappa shape index (κ1) is 16.4. The third-order valence-electron chi connectivity index (χ3n) is 4.97. The van der Waals surface area contributed by atoms with Crippen molar-refractivity contribution in [3.63, 3.8) is 0 Å². The summed E-state index contributed by atoms with van der Waals surface area (Å²) >= 11 is 0. The van der Waals surface area contributed by atoms with Crippen molar-refractivity contribution < 1.29 is 19.0 Å². The first-order valence-corrected chi connectivity index (χ1v) is 10.1. The molecule has 0 aromatic rings. The molecule has 1 N–H and O–H groups in total. The van der Waals surface area contributed by atoms with Gasteiger partial charge in [-0.15, -0.1) is 0 Å². The van der Waals surface area contributed by atoms with E-state index in [1.165, 1.54) is 0 Å². The lowest BCUT2D eigenvalue weighted by atomic mass is 10.1. The topological polar surface area (TPSA) is 47.9 Å². The maximum Gasteiger partial charge on any atom is 0.201 e. The highest BCUT2D eigenvalue weighted by molar-refractivity contribution is 6.77. The summed E-state index contributed by atoms with van der Waals surface area (Å²) in [5, 5.41) is 10.4. The van der Waals surface area contributed by atoms with Crippen molar-refractivity contribution in [3.8, 4) is 0 Å². The highest BCUT2D eigenvalue weighted by Gasteiger charge is 2.52. The van der Waals surface area contributed by atoms with E-state index in [2.05, 4.69) is 41.5 Å². The van der Waals surface area contributed by atoms with Crippen molar-refractivity contribution in [1.29, 1.82) is 0 Å². The number of aliphatic hydroxyl groups excluding tert-OH is 1. The van der Waals surface area contributed by atoms with Gasteiger partial charge in [-0.2, -0.15) is 0 Å². The zero-order valence-electron chi connectivity index (χ0n) is 13.6. The predicted octanol–water partition coefficient (Wildman–Crippen LogP) is 3.05. The van der Waals surface area contributed by atoms with E-state index in [0.29, 0.717) is 29.7 Å². The van der Waals surface area contributed by atoms with Crippen molar-refractivity contribution in [3.05, 3.63) is 0 Å². The van der Waals surface area contributed by atoms with Crippen LogP contribution in [0.25, 0.3) is 0 Å². The van der Waals surface area contributed by atoms with Crippen LogP contribution in [0.1, 0.15) is 48.0 Å². The van der Waals surface area contributed by atoms with Crippen LogP contribution in [0.5, 0.6) is 0 Å². The van der Waals surface area contributed by atoms with E-state index >= 15 is 0 Å². The second-order valence-corrected chi connectivity index (χ2v) is 12.6. The fourth-order valence-corrected chi connectivity index (χ4v) is 9.69. The minimum atomic E-state index is -2.02. The molecule has 2 heterocycles. The molecule has 2 saturated heterocycles. The normalized spacial score (nSPS) is 34.5. The van der Waals surface area contributed by atoms with Gasteiger partial charge in [0, 0.05) is 6.42 Å². The number of hydrogen-bond donors (Lipinski definition) is 1. The van der Waals surface area contributed by atoms with Crippen LogP contribution in [-0.2, 0) is 13.9 Å². The molecule has 20 heavy (non-hydrogen) atoms. The first-order chi connectivity index (χ1) is 9.29. The van der Waals surface area contributed by atoms with E-state index in [1.54, 1.807) is 0 Å². The number of hydrogen-bond acceptors (Lipinski definition) is 4. The monoisotopic (exact) mass is 302 g/mol. The zero-order chi connectivity index (χ0) is 15.1. The van der Waals surface area contributed by atoms with E-state index in [-0.39, 0.29) is 18.5 Å². The van der Waals surface area contributed by atoms with Crippen LogP contribution < -0.4 is 0 Å². The molecule has 2 bridgehead atoms. The molecule has 2 rings (SSSR count). The van der Waals surface area contributed by atoms with E-state index in [1.807, 2.05) is 0 Å². The minimum Gasteiger partial charge on any atom is -0.405 e. The molecule has 2 aliphatic heterocycles. The first-order valence-electron chi connectivity index (χ1n) is 7.92. The molecule has 2 fully saturated rings. The molecule has 118 valence electrons. The van der Waals surface area contributed by atoms with Gasteiger partial charge in [-0.25, -0.2) is 0 Å². The van der Waals surface area contributed by atoms with Crippen LogP contribution in [0.3, 0.4) is 0 Å². The summed E-state index contributed by atoms with van der Waals surface area (Å²) in [7, 11) is -2.02. The summed E-state index contributed by atoms with van der Waals surface area (Å²) in [6.45, 7) is 14.1. The molecule has 0 aliphatic carbocycles. The van der Waals surface area contributed by atoms with Gasteiger partial charge < -0.3 is 19.0 Å². The number of rotatable bonds is 5. The van der Waals surface area contributed by atoms with Crippen molar-refractivity contribution in [1.82, 2.24) is 0 Å². The van der Waals surface area contributed by atoms with E-state index in [0.717, 1.165) is 0 Å². The summed E-state index contributed by atoms with van der Waals surface area (Å²) < 4.78 is 18.1. The lowest BCUT2D eigenvalue weighted by Gasteiger charge is -2.47. The lowest BCUT2D eigenvalue weighted by molar-refractivity contribution is -0.187. The molecule has 4 atom stereocenters. The molecular formula is C15H30O4Si. The quantitative estimate of drug-likeness (QED) is 0.793. The van der Waals surface area contributed by atoms with Crippen LogP contribution in [-0.4, -0.2) is 44.6 Å². The standard InChI is InChI=1S/C15H30O4Si/c1-9(2)20(10(3)4,11(5)6)19-14-13(16)7-12-8-17-15(14)18-12/h9-16H,7-8H2,1-6H3/t12-,13-,14+,15+/m0/s1. The molecule has 0 saturated carbocycles. The molecule has 4 nitrogen and oxygen atoms in total. The van der Waals surface area contributed by atoms with Crippen LogP contribution in [0.15, 0.2) is 0 Å². The Morgan fingerprint density at radius 3 is 2.10 bits per heavy atom. The largest absolute Gasteiger partial charge is 0.405 e. The van der Waals surface area contributed by atoms with Crippen molar-refractivity contribution in [2.45, 2.75) is 89.2 Å². The molecule has 5 heteroatoms. The molecule has 0 aromatic carbocycles. The average Bonchev–Trinajstić information content (AvgIpc) is 2.71. The highest BCUT2D eigenvalue weighted by Crippen LogP contribution is 2.45. The molecule has 0 amide bonds. The average molecular weight is 302 g/mol. The molecule has 2 aliphatic rings. The molecule has 0 spiro atoms. The van der Waals surface area contributed by atoms with Crippen LogP contribution >= 0.6 is 0 Å². The lowest BCUT2D eigenvalue weighted by Crippen LogP contribution is -2.57. The van der Waals surface area contributed by atoms with Crippen molar-refractivity contribution in [2.24, 2.45) is 0 Å². The predicted molar refractivity (Wildman–Crippen MR) is 81.2 cm³/mol. The maximum absolute atomic E-state index is 10.4. The van der Waals surface area contributed by atoms with Crippen molar-refractivity contribution >= 4 is 8.32 Å². The molecule has 0 unspecified atom stereocenters. The molecule has 0 radical (unpaired) electrons. The van der Waals surface area contributed by atoms with E-state index in [9.17, 15) is 5.11 Å². The number of aliphatic hydroxyl groups is 1. The van der Waals surface area contributed by atoms with Gasteiger partial charge in [-0.1, -0.05) is 41.5 Å². The summed E-state index contributed by atoms with van der Waals surface area (Å²) in [6.07, 6.45) is -0.508. The Kier molecular flexibility index (Phi) is 4.97. The Hall–Kier alpha value is 0.0569. The minimum absolute atomic E-state index is 0.0445. The van der Waals surface area contributed by atoms with Crippen LogP contribution in [0.4, 0.5) is 0 Å². The SMILES string of the molecule is CC(C)[Si](O[C@H]1[C@@H]2OC[C@H](C[C@@H]1O)O2)(C(C)C)C(C)C. The second-order valence-electron chi connectivity index (χ2n) is 7.16.